The summed E-state index contributed by atoms with van der Waals surface area (Å²) in [6, 6.07) is 8.97. The lowest BCUT2D eigenvalue weighted by atomic mass is 10.1. The maximum atomic E-state index is 13.5. The third-order valence-electron chi connectivity index (χ3n) is 3.85. The zero-order valence-corrected chi connectivity index (χ0v) is 15.1. The van der Waals surface area contributed by atoms with Gasteiger partial charge in [-0.3, -0.25) is 0 Å². The Bertz CT molecular complexity index is 1120. The molecule has 2 aromatic carbocycles. The van der Waals surface area contributed by atoms with E-state index in [2.05, 4.69) is 5.10 Å². The first kappa shape index (κ1) is 19.8. The molecule has 148 valence electrons. The first-order chi connectivity index (χ1) is 13.0. The van der Waals surface area contributed by atoms with Crippen LogP contribution < -0.4 is 9.88 Å². The van der Waals surface area contributed by atoms with Crippen LogP contribution in [0.3, 0.4) is 0 Å². The van der Waals surface area contributed by atoms with Crippen molar-refractivity contribution in [3.8, 4) is 22.7 Å². The van der Waals surface area contributed by atoms with E-state index in [0.717, 1.165) is 35.0 Å². The van der Waals surface area contributed by atoms with E-state index in [1.165, 1.54) is 25.3 Å². The maximum Gasteiger partial charge on any atom is 0.435 e. The van der Waals surface area contributed by atoms with Gasteiger partial charge in [0.15, 0.2) is 5.69 Å². The average Bonchev–Trinajstić information content (AvgIpc) is 3.06. The fourth-order valence-corrected chi connectivity index (χ4v) is 3.08. The van der Waals surface area contributed by atoms with Crippen molar-refractivity contribution in [2.75, 3.05) is 7.11 Å². The minimum Gasteiger partial charge on any atom is -0.496 e. The van der Waals surface area contributed by atoms with Crippen LogP contribution in [0.25, 0.3) is 16.9 Å². The lowest BCUT2D eigenvalue weighted by Gasteiger charge is -2.11. The fourth-order valence-electron chi connectivity index (χ4n) is 2.56. The summed E-state index contributed by atoms with van der Waals surface area (Å²) in [5.41, 5.74) is -0.886. The summed E-state index contributed by atoms with van der Waals surface area (Å²) in [7, 11) is -2.71. The van der Waals surface area contributed by atoms with Crippen LogP contribution >= 0.6 is 0 Å². The Labute approximate surface area is 157 Å². The van der Waals surface area contributed by atoms with Crippen LogP contribution in [0.15, 0.2) is 53.4 Å². The van der Waals surface area contributed by atoms with Gasteiger partial charge in [0.25, 0.3) is 0 Å². The Hall–Kier alpha value is -2.92. The van der Waals surface area contributed by atoms with Crippen molar-refractivity contribution in [3.05, 3.63) is 60.0 Å². The van der Waals surface area contributed by atoms with Gasteiger partial charge in [0.2, 0.25) is 10.0 Å². The van der Waals surface area contributed by atoms with Gasteiger partial charge in [0.1, 0.15) is 11.6 Å². The van der Waals surface area contributed by atoms with Crippen molar-refractivity contribution < 1.29 is 30.7 Å². The largest absolute Gasteiger partial charge is 0.496 e. The normalized spacial score (nSPS) is 12.2. The van der Waals surface area contributed by atoms with Crippen LogP contribution in [0, 0.1) is 5.82 Å². The summed E-state index contributed by atoms with van der Waals surface area (Å²) in [6.07, 6.45) is -4.73. The number of nitrogens with two attached hydrogens (primary N) is 1. The molecule has 0 amide bonds. The van der Waals surface area contributed by atoms with Crippen molar-refractivity contribution in [2.45, 2.75) is 11.1 Å². The van der Waals surface area contributed by atoms with Crippen molar-refractivity contribution in [2.24, 2.45) is 5.14 Å². The Balaban J connectivity index is 2.23. The minimum atomic E-state index is -4.73. The van der Waals surface area contributed by atoms with Crippen LogP contribution in [0.2, 0.25) is 0 Å². The first-order valence-electron chi connectivity index (χ1n) is 7.65. The first-order valence-corrected chi connectivity index (χ1v) is 9.20. The molecule has 0 bridgehead atoms. The minimum absolute atomic E-state index is 0.0102. The predicted molar refractivity (Wildman–Crippen MR) is 91.9 cm³/mol. The number of aromatic nitrogens is 2. The number of hydrogen-bond acceptors (Lipinski definition) is 4. The van der Waals surface area contributed by atoms with Crippen molar-refractivity contribution in [1.29, 1.82) is 0 Å². The van der Waals surface area contributed by atoms with Gasteiger partial charge in [0.05, 0.1) is 23.4 Å². The highest BCUT2D eigenvalue weighted by Gasteiger charge is 2.35. The monoisotopic (exact) mass is 415 g/mol. The molecule has 28 heavy (non-hydrogen) atoms. The van der Waals surface area contributed by atoms with Gasteiger partial charge in [-0.05, 0) is 42.5 Å². The topological polar surface area (TPSA) is 87.2 Å². The summed E-state index contributed by atoms with van der Waals surface area (Å²) < 4.78 is 81.9. The van der Waals surface area contributed by atoms with Gasteiger partial charge < -0.3 is 4.74 Å². The van der Waals surface area contributed by atoms with Gasteiger partial charge in [0, 0.05) is 11.6 Å². The summed E-state index contributed by atoms with van der Waals surface area (Å²) in [4.78, 5) is -0.208. The molecule has 0 atom stereocenters. The summed E-state index contributed by atoms with van der Waals surface area (Å²) in [5, 5.41) is 8.61. The molecule has 6 nitrogen and oxygen atoms in total. The molecule has 2 N–H and O–H groups in total. The standard InChI is InChI=1S/C17H13F4N3O3S/c1-27-15-8-10(18)2-7-13(15)14-9-16(17(19,20)21)23-24(14)11-3-5-12(6-4-11)28(22,25)26/h2-9H,1H3,(H2,22,25,26). The number of alkyl halides is 3. The maximum absolute atomic E-state index is 13.5. The Kier molecular flexibility index (Phi) is 4.90. The number of primary sulfonamides is 1. The number of hydrogen-bond donors (Lipinski definition) is 1. The smallest absolute Gasteiger partial charge is 0.435 e. The molecule has 3 rings (SSSR count). The molecule has 0 spiro atoms. The van der Waals surface area contributed by atoms with E-state index in [1.807, 2.05) is 0 Å². The van der Waals surface area contributed by atoms with Gasteiger partial charge in [-0.25, -0.2) is 22.6 Å². The van der Waals surface area contributed by atoms with Gasteiger partial charge in [-0.2, -0.15) is 18.3 Å². The highest BCUT2D eigenvalue weighted by molar-refractivity contribution is 7.89. The Morgan fingerprint density at radius 3 is 2.25 bits per heavy atom. The van der Waals surface area contributed by atoms with E-state index in [1.54, 1.807) is 0 Å². The molecule has 0 saturated heterocycles. The van der Waals surface area contributed by atoms with Crippen LogP contribution in [0.5, 0.6) is 5.75 Å². The van der Waals surface area contributed by atoms with Gasteiger partial charge in [-0.15, -0.1) is 0 Å². The van der Waals surface area contributed by atoms with E-state index in [-0.39, 0.29) is 27.6 Å². The number of methoxy groups -OCH3 is 1. The molecular formula is C17H13F4N3O3S. The van der Waals surface area contributed by atoms with Crippen LogP contribution in [-0.4, -0.2) is 25.3 Å². The zero-order valence-electron chi connectivity index (χ0n) is 14.2. The highest BCUT2D eigenvalue weighted by atomic mass is 32.2. The second kappa shape index (κ2) is 6.91. The summed E-state index contributed by atoms with van der Waals surface area (Å²) >= 11 is 0. The summed E-state index contributed by atoms with van der Waals surface area (Å²) in [5.74, 6) is -0.615. The average molecular weight is 415 g/mol. The molecule has 0 aliphatic carbocycles. The number of halogens is 4. The molecular weight excluding hydrogens is 402 g/mol. The number of benzene rings is 2. The van der Waals surface area contributed by atoms with Gasteiger partial charge >= 0.3 is 6.18 Å². The van der Waals surface area contributed by atoms with Gasteiger partial charge in [-0.1, -0.05) is 0 Å². The van der Waals surface area contributed by atoms with E-state index >= 15 is 0 Å². The van der Waals surface area contributed by atoms with E-state index in [9.17, 15) is 26.0 Å². The predicted octanol–water partition coefficient (Wildman–Crippen LogP) is 3.35. The molecule has 0 fully saturated rings. The molecule has 11 heteroatoms. The Morgan fingerprint density at radius 1 is 1.07 bits per heavy atom. The van der Waals surface area contributed by atoms with Crippen LogP contribution in [0.1, 0.15) is 5.69 Å². The molecule has 0 aliphatic heterocycles. The molecule has 0 radical (unpaired) electrons. The zero-order chi connectivity index (χ0) is 20.7. The van der Waals surface area contributed by atoms with E-state index in [0.29, 0.717) is 0 Å². The number of sulfonamides is 1. The van der Waals surface area contributed by atoms with Crippen molar-refractivity contribution >= 4 is 10.0 Å². The fraction of sp³-hybridized carbons (Fsp3) is 0.118. The Morgan fingerprint density at radius 2 is 1.71 bits per heavy atom. The number of rotatable bonds is 4. The number of nitrogens with zero attached hydrogens (tertiary/aromatic N) is 2. The third-order valence-corrected chi connectivity index (χ3v) is 4.78. The molecule has 1 heterocycles. The summed E-state index contributed by atoms with van der Waals surface area (Å²) in [6.45, 7) is 0. The molecule has 0 aliphatic rings. The molecule has 0 unspecified atom stereocenters. The van der Waals surface area contributed by atoms with E-state index in [4.69, 9.17) is 9.88 Å². The lowest BCUT2D eigenvalue weighted by Crippen LogP contribution is -2.12. The third kappa shape index (κ3) is 3.85. The van der Waals surface area contributed by atoms with Crippen molar-refractivity contribution in [3.63, 3.8) is 0 Å². The quantitative estimate of drug-likeness (QED) is 0.662. The SMILES string of the molecule is COc1cc(F)ccc1-c1cc(C(F)(F)F)nn1-c1ccc(S(N)(=O)=O)cc1. The van der Waals surface area contributed by atoms with Crippen molar-refractivity contribution in [1.82, 2.24) is 9.78 Å². The van der Waals surface area contributed by atoms with E-state index < -0.39 is 27.7 Å². The molecule has 3 aromatic rings. The lowest BCUT2D eigenvalue weighted by molar-refractivity contribution is -0.141. The second-order valence-corrected chi connectivity index (χ2v) is 7.27. The number of ether oxygens (including phenoxy) is 1. The highest BCUT2D eigenvalue weighted by Crippen LogP contribution is 2.37. The van der Waals surface area contributed by atoms with Crippen LogP contribution in [-0.2, 0) is 16.2 Å². The molecule has 1 aromatic heterocycles. The molecule has 0 saturated carbocycles. The van der Waals surface area contributed by atoms with Crippen LogP contribution in [0.4, 0.5) is 17.6 Å². The second-order valence-electron chi connectivity index (χ2n) is 5.71.